The molecule has 0 fully saturated rings. The Morgan fingerprint density at radius 2 is 2.08 bits per heavy atom. The molecule has 2 radical (unpaired) electrons. The molecule has 0 heterocycles. The predicted molar refractivity (Wildman–Crippen MR) is 56.6 cm³/mol. The Labute approximate surface area is 85.1 Å². The van der Waals surface area contributed by atoms with Crippen molar-refractivity contribution in [2.24, 2.45) is 0 Å². The molecule has 1 nitrogen and oxygen atoms in total. The second kappa shape index (κ2) is 3.73. The Kier molecular flexibility index (Phi) is 3.04. The van der Waals surface area contributed by atoms with Gasteiger partial charge in [0.15, 0.2) is 0 Å². The molecule has 68 valence electrons. The number of rotatable bonds is 2. The summed E-state index contributed by atoms with van der Waals surface area (Å²) >= 11 is 5.68. The molecule has 1 aromatic rings. The maximum atomic E-state index is 9.77. The fraction of sp³-hybridized carbons (Fsp3) is 0.400. The topological polar surface area (TPSA) is 20.2 Å². The lowest BCUT2D eigenvalue weighted by atomic mass is 9.82. The predicted octanol–water partition coefficient (Wildman–Crippen LogP) is 1.45. The number of aliphatic hydroxyl groups is 1. The molecule has 1 rings (SSSR count). The van der Waals surface area contributed by atoms with Gasteiger partial charge in [-0.05, 0) is 25.0 Å². The smallest absolute Gasteiger partial charge is 0.114 e. The lowest BCUT2D eigenvalue weighted by Gasteiger charge is -2.21. The molecule has 1 N–H and O–H groups in total. The van der Waals surface area contributed by atoms with Crippen molar-refractivity contribution in [1.82, 2.24) is 0 Å². The third-order valence-electron chi connectivity index (χ3n) is 1.93. The van der Waals surface area contributed by atoms with Crippen LogP contribution in [0.4, 0.5) is 0 Å². The van der Waals surface area contributed by atoms with Crippen LogP contribution < -0.4 is 5.46 Å². The van der Waals surface area contributed by atoms with E-state index >= 15 is 0 Å². The maximum Gasteiger partial charge on any atom is 0.114 e. The van der Waals surface area contributed by atoms with Crippen LogP contribution >= 0.6 is 11.6 Å². The maximum absolute atomic E-state index is 9.77. The summed E-state index contributed by atoms with van der Waals surface area (Å²) in [5.74, 6) is 0.434. The van der Waals surface area contributed by atoms with Gasteiger partial charge in [-0.1, -0.05) is 23.7 Å². The van der Waals surface area contributed by atoms with Crippen molar-refractivity contribution in [3.63, 3.8) is 0 Å². The zero-order valence-electron chi connectivity index (χ0n) is 7.84. The summed E-state index contributed by atoms with van der Waals surface area (Å²) in [5, 5.41) is 9.77. The van der Waals surface area contributed by atoms with Gasteiger partial charge in [0.05, 0.1) is 5.60 Å². The van der Waals surface area contributed by atoms with Gasteiger partial charge in [0.2, 0.25) is 0 Å². The molecule has 13 heavy (non-hydrogen) atoms. The van der Waals surface area contributed by atoms with E-state index in [4.69, 9.17) is 19.4 Å². The molecule has 0 bridgehead atoms. The van der Waals surface area contributed by atoms with E-state index in [-0.39, 0.29) is 0 Å². The highest BCUT2D eigenvalue weighted by Crippen LogP contribution is 2.19. The first-order chi connectivity index (χ1) is 5.95. The highest BCUT2D eigenvalue weighted by Gasteiger charge is 2.17. The van der Waals surface area contributed by atoms with Crippen molar-refractivity contribution in [3.8, 4) is 0 Å². The van der Waals surface area contributed by atoms with Crippen LogP contribution in [0.2, 0.25) is 0 Å². The van der Waals surface area contributed by atoms with Crippen molar-refractivity contribution >= 4 is 24.9 Å². The standard InChI is InChI=1S/C10H12BClO/c1-10(2,13)8-5-7(6-12)3-4-9(8)11/h3-5,13H,6H2,1-2H3. The van der Waals surface area contributed by atoms with Gasteiger partial charge in [0.1, 0.15) is 7.85 Å². The van der Waals surface area contributed by atoms with Crippen LogP contribution in [0, 0.1) is 0 Å². The monoisotopic (exact) mass is 194 g/mol. The Morgan fingerprint density at radius 3 is 2.54 bits per heavy atom. The second-order valence-corrected chi connectivity index (χ2v) is 3.88. The Morgan fingerprint density at radius 1 is 1.46 bits per heavy atom. The largest absolute Gasteiger partial charge is 0.386 e. The highest BCUT2D eigenvalue weighted by atomic mass is 35.5. The van der Waals surface area contributed by atoms with E-state index < -0.39 is 5.60 Å². The summed E-state index contributed by atoms with van der Waals surface area (Å²) in [4.78, 5) is 0. The Hall–Kier alpha value is -0.465. The summed E-state index contributed by atoms with van der Waals surface area (Å²) in [5.41, 5.74) is 1.38. The van der Waals surface area contributed by atoms with E-state index in [0.717, 1.165) is 11.1 Å². The number of alkyl halides is 1. The fourth-order valence-corrected chi connectivity index (χ4v) is 1.38. The number of hydrogen-bond donors (Lipinski definition) is 1. The first kappa shape index (κ1) is 10.6. The van der Waals surface area contributed by atoms with Crippen LogP contribution in [0.5, 0.6) is 0 Å². The summed E-state index contributed by atoms with van der Waals surface area (Å²) in [6, 6.07) is 5.46. The molecular formula is C10H12BClO. The SMILES string of the molecule is [B]c1ccc(CCl)cc1C(C)(C)O. The quantitative estimate of drug-likeness (QED) is 0.558. The van der Waals surface area contributed by atoms with Gasteiger partial charge in [-0.3, -0.25) is 0 Å². The van der Waals surface area contributed by atoms with Gasteiger partial charge in [-0.15, -0.1) is 11.6 Å². The van der Waals surface area contributed by atoms with Gasteiger partial charge < -0.3 is 5.11 Å². The van der Waals surface area contributed by atoms with E-state index in [0.29, 0.717) is 11.3 Å². The number of halogens is 1. The Bertz CT molecular complexity index is 304. The van der Waals surface area contributed by atoms with Gasteiger partial charge in [0.25, 0.3) is 0 Å². The van der Waals surface area contributed by atoms with Crippen LogP contribution in [-0.2, 0) is 11.5 Å². The van der Waals surface area contributed by atoms with Crippen LogP contribution in [0.25, 0.3) is 0 Å². The highest BCUT2D eigenvalue weighted by molar-refractivity contribution is 6.33. The molecule has 0 saturated carbocycles. The van der Waals surface area contributed by atoms with E-state index in [9.17, 15) is 5.11 Å². The van der Waals surface area contributed by atoms with E-state index in [1.165, 1.54) is 0 Å². The molecular weight excluding hydrogens is 182 g/mol. The number of benzene rings is 1. The molecule has 0 atom stereocenters. The third-order valence-corrected chi connectivity index (χ3v) is 2.24. The van der Waals surface area contributed by atoms with Crippen molar-refractivity contribution in [3.05, 3.63) is 29.3 Å². The van der Waals surface area contributed by atoms with E-state index in [1.54, 1.807) is 19.9 Å². The summed E-state index contributed by atoms with van der Waals surface area (Å²) < 4.78 is 0. The summed E-state index contributed by atoms with van der Waals surface area (Å²) in [6.45, 7) is 3.41. The van der Waals surface area contributed by atoms with Crippen molar-refractivity contribution in [2.75, 3.05) is 0 Å². The molecule has 0 amide bonds. The van der Waals surface area contributed by atoms with Gasteiger partial charge in [-0.2, -0.15) is 0 Å². The van der Waals surface area contributed by atoms with Crippen molar-refractivity contribution in [1.29, 1.82) is 0 Å². The molecule has 0 aliphatic rings. The number of hydrogen-bond acceptors (Lipinski definition) is 1. The molecule has 3 heteroatoms. The molecule has 0 saturated heterocycles. The second-order valence-electron chi connectivity index (χ2n) is 3.61. The lowest BCUT2D eigenvalue weighted by molar-refractivity contribution is 0.0796. The van der Waals surface area contributed by atoms with Crippen molar-refractivity contribution in [2.45, 2.75) is 25.3 Å². The minimum Gasteiger partial charge on any atom is -0.386 e. The third kappa shape index (κ3) is 2.49. The lowest BCUT2D eigenvalue weighted by Crippen LogP contribution is -2.25. The zero-order chi connectivity index (χ0) is 10.1. The average Bonchev–Trinajstić information content (AvgIpc) is 2.03. The molecule has 0 aromatic heterocycles. The van der Waals surface area contributed by atoms with Crippen LogP contribution in [0.3, 0.4) is 0 Å². The van der Waals surface area contributed by atoms with Crippen LogP contribution in [0.1, 0.15) is 25.0 Å². The fourth-order valence-electron chi connectivity index (χ4n) is 1.22. The Balaban J connectivity index is 3.19. The summed E-state index contributed by atoms with van der Waals surface area (Å²) in [7, 11) is 5.73. The molecule has 0 spiro atoms. The summed E-state index contributed by atoms with van der Waals surface area (Å²) in [6.07, 6.45) is 0. The normalized spacial score (nSPS) is 11.7. The minimum atomic E-state index is -0.911. The van der Waals surface area contributed by atoms with Crippen molar-refractivity contribution < 1.29 is 5.11 Å². The first-order valence-corrected chi connectivity index (χ1v) is 4.66. The molecule has 0 unspecified atom stereocenters. The molecule has 0 aliphatic carbocycles. The molecule has 1 aromatic carbocycles. The van der Waals surface area contributed by atoms with Gasteiger partial charge >= 0.3 is 0 Å². The van der Waals surface area contributed by atoms with Gasteiger partial charge in [-0.25, -0.2) is 0 Å². The molecule has 0 aliphatic heterocycles. The zero-order valence-corrected chi connectivity index (χ0v) is 8.60. The first-order valence-electron chi connectivity index (χ1n) is 4.12. The van der Waals surface area contributed by atoms with E-state index in [1.807, 2.05) is 12.1 Å². The van der Waals surface area contributed by atoms with E-state index in [2.05, 4.69) is 0 Å². The van der Waals surface area contributed by atoms with Crippen LogP contribution in [-0.4, -0.2) is 13.0 Å². The van der Waals surface area contributed by atoms with Crippen LogP contribution in [0.15, 0.2) is 18.2 Å². The average molecular weight is 194 g/mol. The van der Waals surface area contributed by atoms with Gasteiger partial charge in [0, 0.05) is 5.88 Å². The minimum absolute atomic E-state index is 0.434.